The second-order valence-corrected chi connectivity index (χ2v) is 9.59. The van der Waals surface area contributed by atoms with Gasteiger partial charge in [0.1, 0.15) is 0 Å². The Hall–Kier alpha value is -3.04. The van der Waals surface area contributed by atoms with Gasteiger partial charge in [-0.1, -0.05) is 18.6 Å². The minimum atomic E-state index is -3.64. The Bertz CT molecular complexity index is 1160. The largest absolute Gasteiger partial charge is 0.305 e. The van der Waals surface area contributed by atoms with Gasteiger partial charge in [-0.2, -0.15) is 9.40 Å². The first-order chi connectivity index (χ1) is 14.9. The second-order valence-electron chi connectivity index (χ2n) is 7.70. The molecule has 4 rings (SSSR count). The van der Waals surface area contributed by atoms with Gasteiger partial charge in [-0.3, -0.25) is 14.5 Å². The highest BCUT2D eigenvalue weighted by Gasteiger charge is 2.31. The quantitative estimate of drug-likeness (QED) is 0.636. The van der Waals surface area contributed by atoms with E-state index < -0.39 is 15.9 Å². The van der Waals surface area contributed by atoms with Gasteiger partial charge in [0.15, 0.2) is 5.82 Å². The number of aromatic nitrogens is 3. The highest BCUT2D eigenvalue weighted by atomic mass is 32.2. The molecule has 9 heteroatoms. The van der Waals surface area contributed by atoms with E-state index in [1.807, 2.05) is 19.1 Å². The molecular formula is C22H25N5O3S. The van der Waals surface area contributed by atoms with Gasteiger partial charge in [0, 0.05) is 42.8 Å². The van der Waals surface area contributed by atoms with Crippen molar-refractivity contribution in [3.8, 4) is 0 Å². The maximum absolute atomic E-state index is 13.1. The number of carbonyl (C=O) groups excluding carboxylic acids is 1. The van der Waals surface area contributed by atoms with Crippen LogP contribution in [0.4, 0.5) is 5.82 Å². The number of pyridine rings is 1. The monoisotopic (exact) mass is 439 g/mol. The highest BCUT2D eigenvalue weighted by Crippen LogP contribution is 2.25. The van der Waals surface area contributed by atoms with Crippen LogP contribution in [0.3, 0.4) is 0 Å². The minimum Gasteiger partial charge on any atom is -0.305 e. The number of carbonyl (C=O) groups is 1. The predicted molar refractivity (Wildman–Crippen MR) is 117 cm³/mol. The zero-order valence-electron chi connectivity index (χ0n) is 17.3. The number of hydrogen-bond acceptors (Lipinski definition) is 5. The first-order valence-corrected chi connectivity index (χ1v) is 11.7. The Morgan fingerprint density at radius 1 is 1.19 bits per heavy atom. The van der Waals surface area contributed by atoms with Crippen molar-refractivity contribution >= 4 is 21.7 Å². The number of anilines is 1. The van der Waals surface area contributed by atoms with Crippen LogP contribution in [0, 0.1) is 0 Å². The van der Waals surface area contributed by atoms with E-state index in [0.29, 0.717) is 18.9 Å². The molecule has 1 aliphatic rings. The van der Waals surface area contributed by atoms with E-state index in [1.54, 1.807) is 41.5 Å². The molecule has 1 atom stereocenters. The lowest BCUT2D eigenvalue weighted by molar-refractivity contribution is 0.102. The molecular weight excluding hydrogens is 414 g/mol. The molecule has 1 fully saturated rings. The van der Waals surface area contributed by atoms with E-state index in [2.05, 4.69) is 15.4 Å². The number of amides is 1. The van der Waals surface area contributed by atoms with Crippen molar-refractivity contribution in [2.24, 2.45) is 0 Å². The summed E-state index contributed by atoms with van der Waals surface area (Å²) in [5.41, 5.74) is 1.26. The topological polar surface area (TPSA) is 97.2 Å². The van der Waals surface area contributed by atoms with Crippen LogP contribution in [0.2, 0.25) is 0 Å². The Labute approximate surface area is 182 Å². The third-order valence-corrected chi connectivity index (χ3v) is 7.40. The van der Waals surface area contributed by atoms with Crippen LogP contribution in [0.25, 0.3) is 0 Å². The zero-order valence-corrected chi connectivity index (χ0v) is 18.1. The van der Waals surface area contributed by atoms with E-state index in [4.69, 9.17) is 0 Å². The molecule has 1 aromatic carbocycles. The molecule has 1 aliphatic heterocycles. The molecule has 1 amide bonds. The fraction of sp³-hybridized carbons (Fsp3) is 0.318. The third-order valence-electron chi connectivity index (χ3n) is 5.39. The molecule has 31 heavy (non-hydrogen) atoms. The van der Waals surface area contributed by atoms with Crippen molar-refractivity contribution in [3.05, 3.63) is 72.2 Å². The third kappa shape index (κ3) is 4.83. The van der Waals surface area contributed by atoms with Crippen LogP contribution >= 0.6 is 0 Å². The predicted octanol–water partition coefficient (Wildman–Crippen LogP) is 3.14. The fourth-order valence-electron chi connectivity index (χ4n) is 3.75. The van der Waals surface area contributed by atoms with Crippen LogP contribution in [-0.4, -0.2) is 46.0 Å². The summed E-state index contributed by atoms with van der Waals surface area (Å²) >= 11 is 0. The van der Waals surface area contributed by atoms with Crippen LogP contribution in [0.15, 0.2) is 66.0 Å². The van der Waals surface area contributed by atoms with Gasteiger partial charge in [-0.25, -0.2) is 8.42 Å². The van der Waals surface area contributed by atoms with E-state index in [9.17, 15) is 13.2 Å². The lowest BCUT2D eigenvalue weighted by Crippen LogP contribution is -2.41. The average Bonchev–Trinajstić information content (AvgIpc) is 3.21. The van der Waals surface area contributed by atoms with E-state index in [0.717, 1.165) is 24.8 Å². The summed E-state index contributed by atoms with van der Waals surface area (Å²) in [5.74, 6) is -0.0119. The van der Waals surface area contributed by atoms with Gasteiger partial charge in [-0.05, 0) is 49.6 Å². The van der Waals surface area contributed by atoms with Crippen LogP contribution in [0.5, 0.6) is 0 Å². The first kappa shape index (κ1) is 21.2. The minimum absolute atomic E-state index is 0.0417. The van der Waals surface area contributed by atoms with Gasteiger partial charge in [0.05, 0.1) is 11.4 Å². The Kier molecular flexibility index (Phi) is 6.15. The first-order valence-electron chi connectivity index (χ1n) is 10.3. The van der Waals surface area contributed by atoms with Crippen molar-refractivity contribution in [1.82, 2.24) is 19.1 Å². The zero-order chi connectivity index (χ0) is 21.8. The lowest BCUT2D eigenvalue weighted by Gasteiger charge is -2.32. The average molecular weight is 440 g/mol. The number of rotatable bonds is 6. The van der Waals surface area contributed by atoms with Crippen LogP contribution in [-0.2, 0) is 16.6 Å². The van der Waals surface area contributed by atoms with E-state index in [-0.39, 0.29) is 16.5 Å². The molecule has 0 radical (unpaired) electrons. The standard InChI is InChI=1S/C22H25N5O3S/c1-17-6-2-3-12-27(17)31(29,30)20-9-4-8-19(14-20)22(28)24-21-10-13-26(25-21)16-18-7-5-11-23-15-18/h4-5,7-11,13-15,17H,2-3,6,12,16H2,1H3,(H,24,25,28). The number of nitrogens with one attached hydrogen (secondary N) is 1. The maximum atomic E-state index is 13.1. The van der Waals surface area contributed by atoms with Crippen LogP contribution in [0.1, 0.15) is 42.1 Å². The van der Waals surface area contributed by atoms with Gasteiger partial charge in [-0.15, -0.1) is 0 Å². The number of hydrogen-bond donors (Lipinski definition) is 1. The fourth-order valence-corrected chi connectivity index (χ4v) is 5.49. The van der Waals surface area contributed by atoms with Crippen LogP contribution < -0.4 is 5.32 Å². The molecule has 0 saturated carbocycles. The Morgan fingerprint density at radius 2 is 2.06 bits per heavy atom. The Morgan fingerprint density at radius 3 is 2.84 bits per heavy atom. The normalized spacial score (nSPS) is 17.4. The SMILES string of the molecule is CC1CCCCN1S(=O)(=O)c1cccc(C(=O)Nc2ccn(Cc3cccnc3)n2)c1. The molecule has 162 valence electrons. The number of benzene rings is 1. The molecule has 8 nitrogen and oxygen atoms in total. The molecule has 3 aromatic rings. The molecule has 1 saturated heterocycles. The lowest BCUT2D eigenvalue weighted by atomic mass is 10.1. The number of nitrogens with zero attached hydrogens (tertiary/aromatic N) is 4. The maximum Gasteiger partial charge on any atom is 0.256 e. The molecule has 1 N–H and O–H groups in total. The van der Waals surface area contributed by atoms with E-state index >= 15 is 0 Å². The summed E-state index contributed by atoms with van der Waals surface area (Å²) in [5, 5.41) is 7.09. The highest BCUT2D eigenvalue weighted by molar-refractivity contribution is 7.89. The van der Waals surface area contributed by atoms with Gasteiger partial charge in [0.2, 0.25) is 10.0 Å². The molecule has 0 aliphatic carbocycles. The van der Waals surface area contributed by atoms with Gasteiger partial charge in [0.25, 0.3) is 5.91 Å². The van der Waals surface area contributed by atoms with Crippen molar-refractivity contribution in [2.45, 2.75) is 43.7 Å². The molecule has 3 heterocycles. The molecule has 1 unspecified atom stereocenters. The summed E-state index contributed by atoms with van der Waals surface area (Å²) < 4.78 is 29.4. The van der Waals surface area contributed by atoms with Crippen molar-refractivity contribution in [2.75, 3.05) is 11.9 Å². The Balaban J connectivity index is 1.47. The summed E-state index contributed by atoms with van der Waals surface area (Å²) in [4.78, 5) is 16.9. The van der Waals surface area contributed by atoms with Crippen molar-refractivity contribution in [3.63, 3.8) is 0 Å². The summed E-state index contributed by atoms with van der Waals surface area (Å²) in [6.07, 6.45) is 7.96. The molecule has 0 spiro atoms. The van der Waals surface area contributed by atoms with Crippen molar-refractivity contribution < 1.29 is 13.2 Å². The molecule has 0 bridgehead atoms. The van der Waals surface area contributed by atoms with Gasteiger partial charge >= 0.3 is 0 Å². The number of piperidine rings is 1. The summed E-state index contributed by atoms with van der Waals surface area (Å²) in [7, 11) is -3.64. The molecule has 2 aromatic heterocycles. The summed E-state index contributed by atoms with van der Waals surface area (Å²) in [6, 6.07) is 11.6. The smallest absolute Gasteiger partial charge is 0.256 e. The summed E-state index contributed by atoms with van der Waals surface area (Å²) in [6.45, 7) is 2.97. The van der Waals surface area contributed by atoms with Crippen molar-refractivity contribution in [1.29, 1.82) is 0 Å². The van der Waals surface area contributed by atoms with Gasteiger partial charge < -0.3 is 5.32 Å². The second kappa shape index (κ2) is 8.99. The number of sulfonamides is 1. The van der Waals surface area contributed by atoms with E-state index in [1.165, 1.54) is 16.4 Å².